The van der Waals surface area contributed by atoms with Crippen LogP contribution in [-0.4, -0.2) is 72.4 Å². The summed E-state index contributed by atoms with van der Waals surface area (Å²) < 4.78 is 31.7. The minimum atomic E-state index is -4.57. The van der Waals surface area contributed by atoms with Gasteiger partial charge in [0.2, 0.25) is 0 Å². The number of nitrogens with one attached hydrogen (secondary N) is 2. The zero-order chi connectivity index (χ0) is 17.0. The van der Waals surface area contributed by atoms with Gasteiger partial charge in [-0.3, -0.25) is 9.35 Å². The molecule has 2 fully saturated rings. The number of urea groups is 1. The highest BCUT2D eigenvalue weighted by atomic mass is 32.2. The number of piperazine rings is 1. The molecule has 2 rings (SSSR count). The van der Waals surface area contributed by atoms with E-state index in [-0.39, 0.29) is 25.2 Å². The van der Waals surface area contributed by atoms with Crippen LogP contribution in [0.25, 0.3) is 0 Å². The lowest BCUT2D eigenvalue weighted by molar-refractivity contribution is -0.133. The van der Waals surface area contributed by atoms with Crippen LogP contribution in [0.4, 0.5) is 4.79 Å². The summed E-state index contributed by atoms with van der Waals surface area (Å²) in [6.07, 6.45) is 3.67. The van der Waals surface area contributed by atoms with Crippen molar-refractivity contribution in [2.75, 3.05) is 26.2 Å². The molecule has 132 valence electrons. The maximum absolute atomic E-state index is 12.4. The Morgan fingerprint density at radius 3 is 2.43 bits per heavy atom. The van der Waals surface area contributed by atoms with Gasteiger partial charge < -0.3 is 15.5 Å². The highest BCUT2D eigenvalue weighted by Crippen LogP contribution is 2.15. The minimum absolute atomic E-state index is 0.0616. The molecule has 0 unspecified atom stereocenters. The maximum atomic E-state index is 12.4. The molecule has 9 nitrogen and oxygen atoms in total. The van der Waals surface area contributed by atoms with E-state index in [9.17, 15) is 18.0 Å². The summed E-state index contributed by atoms with van der Waals surface area (Å²) in [7, 11) is -4.57. The van der Waals surface area contributed by atoms with Crippen molar-refractivity contribution in [2.45, 2.75) is 44.7 Å². The highest BCUT2D eigenvalue weighted by molar-refractivity contribution is 7.84. The molecule has 0 aromatic heterocycles. The Morgan fingerprint density at radius 2 is 1.87 bits per heavy atom. The third kappa shape index (κ3) is 4.55. The van der Waals surface area contributed by atoms with Crippen molar-refractivity contribution >= 4 is 22.2 Å². The van der Waals surface area contributed by atoms with Crippen molar-refractivity contribution in [3.8, 4) is 0 Å². The zero-order valence-electron chi connectivity index (χ0n) is 13.2. The smallest absolute Gasteiger partial charge is 0.335 e. The first-order valence-electron chi connectivity index (χ1n) is 7.87. The van der Waals surface area contributed by atoms with Crippen LogP contribution in [0.1, 0.15) is 32.6 Å². The fourth-order valence-electron chi connectivity index (χ4n) is 2.97. The molecule has 2 heterocycles. The molecule has 2 aliphatic heterocycles. The molecular weight excluding hydrogens is 324 g/mol. The highest BCUT2D eigenvalue weighted by Gasteiger charge is 2.39. The van der Waals surface area contributed by atoms with Gasteiger partial charge in [-0.05, 0) is 45.7 Å². The van der Waals surface area contributed by atoms with Crippen LogP contribution in [0.2, 0.25) is 0 Å². The summed E-state index contributed by atoms with van der Waals surface area (Å²) in [5.41, 5.74) is 0. The lowest BCUT2D eigenvalue weighted by Crippen LogP contribution is -2.61. The average molecular weight is 348 g/mol. The minimum Gasteiger partial charge on any atom is -0.335 e. The molecule has 0 aliphatic carbocycles. The molecule has 2 saturated heterocycles. The lowest BCUT2D eigenvalue weighted by atomic mass is 10.0. The fourth-order valence-corrected chi connectivity index (χ4v) is 3.66. The van der Waals surface area contributed by atoms with E-state index in [0.717, 1.165) is 38.8 Å². The Morgan fingerprint density at radius 1 is 1.26 bits per heavy atom. The molecular formula is C13H24N4O5S. The lowest BCUT2D eigenvalue weighted by Gasteiger charge is -2.38. The van der Waals surface area contributed by atoms with Crippen molar-refractivity contribution in [1.29, 1.82) is 0 Å². The summed E-state index contributed by atoms with van der Waals surface area (Å²) in [4.78, 5) is 25.8. The molecule has 3 N–H and O–H groups in total. The standard InChI is InChI=1S/C13H24N4O5S/c1-10-12(18)17(23(20,21)22)9-8-16(10)13(19)15-11-4-2-6-14-7-3-5-11/h10-11,14H,2-9H2,1H3,(H,15,19)(H,20,21,22)/t10-/m0/s1. The first-order chi connectivity index (χ1) is 10.8. The van der Waals surface area contributed by atoms with Crippen molar-refractivity contribution in [3.63, 3.8) is 0 Å². The second kappa shape index (κ2) is 7.45. The number of hydrogen-bond donors (Lipinski definition) is 3. The summed E-state index contributed by atoms with van der Waals surface area (Å²) in [6, 6.07) is -1.23. The van der Waals surface area contributed by atoms with Crippen LogP contribution in [-0.2, 0) is 15.1 Å². The quantitative estimate of drug-likeness (QED) is 0.582. The second-order valence-electron chi connectivity index (χ2n) is 5.94. The molecule has 0 spiro atoms. The van der Waals surface area contributed by atoms with Crippen molar-refractivity contribution in [2.24, 2.45) is 0 Å². The average Bonchev–Trinajstić information content (AvgIpc) is 2.43. The molecule has 10 heteroatoms. The summed E-state index contributed by atoms with van der Waals surface area (Å²) >= 11 is 0. The van der Waals surface area contributed by atoms with Gasteiger partial charge in [0.05, 0.1) is 6.54 Å². The predicted molar refractivity (Wildman–Crippen MR) is 83.1 cm³/mol. The Labute approximate surface area is 136 Å². The normalized spacial score (nSPS) is 25.0. The number of carbonyl (C=O) groups excluding carboxylic acids is 2. The Kier molecular flexibility index (Phi) is 5.82. The Balaban J connectivity index is 1.96. The molecule has 0 aromatic carbocycles. The first kappa shape index (κ1) is 18.0. The van der Waals surface area contributed by atoms with Gasteiger partial charge in [0.1, 0.15) is 6.04 Å². The van der Waals surface area contributed by atoms with Crippen LogP contribution in [0.3, 0.4) is 0 Å². The van der Waals surface area contributed by atoms with Crippen molar-refractivity contribution < 1.29 is 22.6 Å². The van der Waals surface area contributed by atoms with Gasteiger partial charge in [0.25, 0.3) is 5.91 Å². The topological polar surface area (TPSA) is 119 Å². The number of carbonyl (C=O) groups is 2. The van der Waals surface area contributed by atoms with E-state index in [1.54, 1.807) is 0 Å². The number of amides is 3. The van der Waals surface area contributed by atoms with Crippen LogP contribution in [0.5, 0.6) is 0 Å². The van der Waals surface area contributed by atoms with E-state index >= 15 is 0 Å². The van der Waals surface area contributed by atoms with E-state index in [1.165, 1.54) is 11.8 Å². The van der Waals surface area contributed by atoms with E-state index in [2.05, 4.69) is 10.6 Å². The van der Waals surface area contributed by atoms with Gasteiger partial charge in [-0.1, -0.05) is 0 Å². The fraction of sp³-hybridized carbons (Fsp3) is 0.846. The number of hydrogen-bond acceptors (Lipinski definition) is 5. The van der Waals surface area contributed by atoms with Crippen LogP contribution >= 0.6 is 0 Å². The zero-order valence-corrected chi connectivity index (χ0v) is 14.0. The van der Waals surface area contributed by atoms with Gasteiger partial charge in [-0.15, -0.1) is 0 Å². The van der Waals surface area contributed by atoms with Crippen molar-refractivity contribution in [1.82, 2.24) is 19.8 Å². The first-order valence-corrected chi connectivity index (χ1v) is 9.27. The van der Waals surface area contributed by atoms with Gasteiger partial charge >= 0.3 is 16.3 Å². The van der Waals surface area contributed by atoms with Crippen LogP contribution in [0.15, 0.2) is 0 Å². The molecule has 2 aliphatic rings. The van der Waals surface area contributed by atoms with Gasteiger partial charge in [-0.25, -0.2) is 9.10 Å². The number of rotatable bonds is 2. The van der Waals surface area contributed by atoms with Gasteiger partial charge in [0, 0.05) is 12.6 Å². The van der Waals surface area contributed by atoms with Crippen LogP contribution in [0, 0.1) is 0 Å². The maximum Gasteiger partial charge on any atom is 0.362 e. The molecule has 3 amide bonds. The predicted octanol–water partition coefficient (Wildman–Crippen LogP) is -0.436. The Bertz CT molecular complexity index is 545. The molecule has 0 aromatic rings. The summed E-state index contributed by atoms with van der Waals surface area (Å²) in [6.45, 7) is 3.14. The molecule has 0 saturated carbocycles. The molecule has 0 radical (unpaired) electrons. The largest absolute Gasteiger partial charge is 0.362 e. The van der Waals surface area contributed by atoms with E-state index in [1.807, 2.05) is 0 Å². The van der Waals surface area contributed by atoms with Crippen LogP contribution < -0.4 is 10.6 Å². The van der Waals surface area contributed by atoms with E-state index in [4.69, 9.17) is 4.55 Å². The second-order valence-corrected chi connectivity index (χ2v) is 7.27. The van der Waals surface area contributed by atoms with Crippen molar-refractivity contribution in [3.05, 3.63) is 0 Å². The van der Waals surface area contributed by atoms with E-state index < -0.39 is 22.3 Å². The van der Waals surface area contributed by atoms with Gasteiger partial charge in [-0.2, -0.15) is 8.42 Å². The third-order valence-corrected chi connectivity index (χ3v) is 5.21. The summed E-state index contributed by atoms with van der Waals surface area (Å²) in [5, 5.41) is 6.24. The van der Waals surface area contributed by atoms with Gasteiger partial charge in [0.15, 0.2) is 0 Å². The monoisotopic (exact) mass is 348 g/mol. The molecule has 23 heavy (non-hydrogen) atoms. The molecule has 1 atom stereocenters. The third-order valence-electron chi connectivity index (χ3n) is 4.29. The SMILES string of the molecule is C[C@H]1C(=O)N(S(=O)(=O)O)CCN1C(=O)NC1CCCNCCC1. The number of nitrogens with zero attached hydrogens (tertiary/aromatic N) is 2. The van der Waals surface area contributed by atoms with E-state index in [0.29, 0.717) is 4.31 Å². The Hall–Kier alpha value is -1.39. The molecule has 0 bridgehead atoms. The summed E-state index contributed by atoms with van der Waals surface area (Å²) in [5.74, 6) is -0.796.